The molecule has 1 aromatic carbocycles. The number of rotatable bonds is 6. The lowest BCUT2D eigenvalue weighted by Crippen LogP contribution is -2.14. The van der Waals surface area contributed by atoms with Gasteiger partial charge >= 0.3 is 0 Å². The Balaban J connectivity index is 2.77. The van der Waals surface area contributed by atoms with Crippen LogP contribution in [0.2, 0.25) is 0 Å². The zero-order valence-corrected chi connectivity index (χ0v) is 10.5. The van der Waals surface area contributed by atoms with Gasteiger partial charge < -0.3 is 15.6 Å². The van der Waals surface area contributed by atoms with Crippen molar-refractivity contribution < 1.29 is 9.84 Å². The van der Waals surface area contributed by atoms with Crippen molar-refractivity contribution in [3.63, 3.8) is 0 Å². The molecule has 0 heterocycles. The number of thioether (sulfide) groups is 1. The molecule has 0 aliphatic rings. The standard InChI is InChI=1S/C12H19NO2S/c1-9(8-14)16-12(7-13)10-4-3-5-11(6-10)15-2/h3-6,9,12,14H,7-8,13H2,1-2H3. The number of ether oxygens (including phenoxy) is 1. The van der Waals surface area contributed by atoms with E-state index in [4.69, 9.17) is 15.6 Å². The monoisotopic (exact) mass is 241 g/mol. The highest BCUT2D eigenvalue weighted by atomic mass is 32.2. The van der Waals surface area contributed by atoms with Crippen molar-refractivity contribution in [1.82, 2.24) is 0 Å². The van der Waals surface area contributed by atoms with Crippen molar-refractivity contribution >= 4 is 11.8 Å². The molecule has 16 heavy (non-hydrogen) atoms. The maximum absolute atomic E-state index is 9.04. The quantitative estimate of drug-likeness (QED) is 0.797. The first-order chi connectivity index (χ1) is 7.71. The Morgan fingerprint density at radius 2 is 2.25 bits per heavy atom. The van der Waals surface area contributed by atoms with Crippen LogP contribution in [0.4, 0.5) is 0 Å². The number of aliphatic hydroxyl groups excluding tert-OH is 1. The van der Waals surface area contributed by atoms with Crippen LogP contribution in [0.5, 0.6) is 5.75 Å². The molecule has 2 atom stereocenters. The molecule has 0 radical (unpaired) electrons. The predicted octanol–water partition coefficient (Wildman–Crippen LogP) is 1.81. The molecule has 0 spiro atoms. The number of methoxy groups -OCH3 is 1. The Labute approximate surface area is 101 Å². The smallest absolute Gasteiger partial charge is 0.119 e. The van der Waals surface area contributed by atoms with Gasteiger partial charge in [0.15, 0.2) is 0 Å². The summed E-state index contributed by atoms with van der Waals surface area (Å²) in [6.45, 7) is 2.72. The van der Waals surface area contributed by atoms with Crippen LogP contribution < -0.4 is 10.5 Å². The minimum Gasteiger partial charge on any atom is -0.497 e. The summed E-state index contributed by atoms with van der Waals surface area (Å²) in [7, 11) is 1.65. The molecule has 3 nitrogen and oxygen atoms in total. The molecular formula is C12H19NO2S. The van der Waals surface area contributed by atoms with Crippen molar-refractivity contribution in [2.24, 2.45) is 5.73 Å². The molecule has 0 amide bonds. The summed E-state index contributed by atoms with van der Waals surface area (Å²) in [5.74, 6) is 0.841. The van der Waals surface area contributed by atoms with E-state index in [2.05, 4.69) is 0 Å². The Kier molecular flexibility index (Phi) is 5.66. The average molecular weight is 241 g/mol. The zero-order valence-electron chi connectivity index (χ0n) is 9.72. The Morgan fingerprint density at radius 1 is 1.50 bits per heavy atom. The normalized spacial score (nSPS) is 14.5. The van der Waals surface area contributed by atoms with Gasteiger partial charge in [-0.2, -0.15) is 0 Å². The predicted molar refractivity (Wildman–Crippen MR) is 68.9 cm³/mol. The second-order valence-corrected chi connectivity index (χ2v) is 5.28. The number of benzene rings is 1. The van der Waals surface area contributed by atoms with Gasteiger partial charge in [-0.1, -0.05) is 19.1 Å². The molecule has 1 rings (SSSR count). The Bertz CT molecular complexity index is 320. The SMILES string of the molecule is COc1cccc(C(CN)SC(C)CO)c1. The molecule has 4 heteroatoms. The van der Waals surface area contributed by atoms with Crippen LogP contribution >= 0.6 is 11.8 Å². The highest BCUT2D eigenvalue weighted by Gasteiger charge is 2.14. The molecular weight excluding hydrogens is 222 g/mol. The number of hydrogen-bond acceptors (Lipinski definition) is 4. The summed E-state index contributed by atoms with van der Waals surface area (Å²) >= 11 is 1.69. The minimum atomic E-state index is 0.172. The lowest BCUT2D eigenvalue weighted by molar-refractivity contribution is 0.300. The summed E-state index contributed by atoms with van der Waals surface area (Å²) in [6.07, 6.45) is 0. The lowest BCUT2D eigenvalue weighted by atomic mass is 10.1. The first-order valence-corrected chi connectivity index (χ1v) is 6.25. The molecule has 0 aromatic heterocycles. The average Bonchev–Trinajstić information content (AvgIpc) is 2.35. The van der Waals surface area contributed by atoms with E-state index < -0.39 is 0 Å². The highest BCUT2D eigenvalue weighted by Crippen LogP contribution is 2.32. The van der Waals surface area contributed by atoms with Gasteiger partial charge in [0.1, 0.15) is 5.75 Å². The van der Waals surface area contributed by atoms with Crippen LogP contribution in [0, 0.1) is 0 Å². The zero-order chi connectivity index (χ0) is 12.0. The van der Waals surface area contributed by atoms with Gasteiger partial charge in [-0.3, -0.25) is 0 Å². The molecule has 90 valence electrons. The molecule has 0 saturated carbocycles. The molecule has 0 saturated heterocycles. The maximum Gasteiger partial charge on any atom is 0.119 e. The van der Waals surface area contributed by atoms with Gasteiger partial charge in [0.05, 0.1) is 13.7 Å². The van der Waals surface area contributed by atoms with E-state index in [1.54, 1.807) is 18.9 Å². The lowest BCUT2D eigenvalue weighted by Gasteiger charge is -2.18. The maximum atomic E-state index is 9.04. The summed E-state index contributed by atoms with van der Waals surface area (Å²) in [5.41, 5.74) is 6.90. The number of aliphatic hydroxyl groups is 1. The van der Waals surface area contributed by atoms with E-state index >= 15 is 0 Å². The van der Waals surface area contributed by atoms with E-state index in [1.807, 2.05) is 31.2 Å². The second-order valence-electron chi connectivity index (χ2n) is 3.63. The van der Waals surface area contributed by atoms with Gasteiger partial charge in [-0.05, 0) is 17.7 Å². The van der Waals surface area contributed by atoms with Crippen molar-refractivity contribution in [2.75, 3.05) is 20.3 Å². The van der Waals surface area contributed by atoms with Gasteiger partial charge in [0.25, 0.3) is 0 Å². The first-order valence-electron chi connectivity index (χ1n) is 5.31. The van der Waals surface area contributed by atoms with Crippen LogP contribution in [-0.4, -0.2) is 30.6 Å². The number of nitrogens with two attached hydrogens (primary N) is 1. The van der Waals surface area contributed by atoms with E-state index in [1.165, 1.54) is 0 Å². The van der Waals surface area contributed by atoms with Crippen LogP contribution in [-0.2, 0) is 0 Å². The van der Waals surface area contributed by atoms with Gasteiger partial charge in [0, 0.05) is 17.0 Å². The van der Waals surface area contributed by atoms with E-state index in [9.17, 15) is 0 Å². The molecule has 0 bridgehead atoms. The van der Waals surface area contributed by atoms with Crippen LogP contribution in [0.25, 0.3) is 0 Å². The van der Waals surface area contributed by atoms with Gasteiger partial charge in [0.2, 0.25) is 0 Å². The second kappa shape index (κ2) is 6.78. The minimum absolute atomic E-state index is 0.172. The van der Waals surface area contributed by atoms with Gasteiger partial charge in [-0.15, -0.1) is 11.8 Å². The molecule has 1 aromatic rings. The Hall–Kier alpha value is -0.710. The van der Waals surface area contributed by atoms with Gasteiger partial charge in [-0.25, -0.2) is 0 Å². The fourth-order valence-corrected chi connectivity index (χ4v) is 2.50. The third kappa shape index (κ3) is 3.70. The molecule has 0 aliphatic heterocycles. The first kappa shape index (κ1) is 13.4. The molecule has 0 fully saturated rings. The molecule has 2 unspecified atom stereocenters. The largest absolute Gasteiger partial charge is 0.497 e. The van der Waals surface area contributed by atoms with Crippen LogP contribution in [0.3, 0.4) is 0 Å². The summed E-state index contributed by atoms with van der Waals surface area (Å²) in [6, 6.07) is 7.91. The van der Waals surface area contributed by atoms with E-state index in [0.717, 1.165) is 11.3 Å². The fraction of sp³-hybridized carbons (Fsp3) is 0.500. The van der Waals surface area contributed by atoms with Crippen molar-refractivity contribution in [1.29, 1.82) is 0 Å². The number of hydrogen-bond donors (Lipinski definition) is 2. The fourth-order valence-electron chi connectivity index (χ4n) is 1.44. The molecule has 0 aliphatic carbocycles. The summed E-state index contributed by atoms with van der Waals surface area (Å²) < 4.78 is 5.18. The topological polar surface area (TPSA) is 55.5 Å². The summed E-state index contributed by atoms with van der Waals surface area (Å²) in [4.78, 5) is 0. The summed E-state index contributed by atoms with van der Waals surface area (Å²) in [5, 5.41) is 9.44. The van der Waals surface area contributed by atoms with Crippen molar-refractivity contribution in [3.8, 4) is 5.75 Å². The van der Waals surface area contributed by atoms with Crippen molar-refractivity contribution in [2.45, 2.75) is 17.4 Å². The van der Waals surface area contributed by atoms with Crippen LogP contribution in [0.1, 0.15) is 17.7 Å². The Morgan fingerprint density at radius 3 is 2.81 bits per heavy atom. The highest BCUT2D eigenvalue weighted by molar-refractivity contribution is 8.00. The van der Waals surface area contributed by atoms with E-state index in [-0.39, 0.29) is 17.1 Å². The third-order valence-electron chi connectivity index (χ3n) is 2.33. The van der Waals surface area contributed by atoms with Crippen LogP contribution in [0.15, 0.2) is 24.3 Å². The molecule has 3 N–H and O–H groups in total. The third-order valence-corrected chi connectivity index (χ3v) is 3.74. The van der Waals surface area contributed by atoms with E-state index in [0.29, 0.717) is 6.54 Å². The van der Waals surface area contributed by atoms with Crippen molar-refractivity contribution in [3.05, 3.63) is 29.8 Å².